The van der Waals surface area contributed by atoms with Gasteiger partial charge in [-0.3, -0.25) is 4.79 Å². The van der Waals surface area contributed by atoms with Crippen molar-refractivity contribution in [2.45, 2.75) is 18.9 Å². The molecule has 1 aliphatic carbocycles. The zero-order valence-electron chi connectivity index (χ0n) is 10.1. The lowest BCUT2D eigenvalue weighted by Gasteiger charge is -2.09. The van der Waals surface area contributed by atoms with Gasteiger partial charge in [-0.15, -0.1) is 0 Å². The Morgan fingerprint density at radius 3 is 2.79 bits per heavy atom. The fourth-order valence-corrected chi connectivity index (χ4v) is 2.76. The normalized spacial score (nSPS) is 14.4. The quantitative estimate of drug-likeness (QED) is 0.783. The topological polar surface area (TPSA) is 34.0 Å². The maximum Gasteiger partial charge on any atom is 0.272 e. The predicted octanol–water partition coefficient (Wildman–Crippen LogP) is 4.33. The zero-order chi connectivity index (χ0) is 13.4. The summed E-state index contributed by atoms with van der Waals surface area (Å²) in [5.41, 5.74) is 1.46. The van der Waals surface area contributed by atoms with E-state index in [0.29, 0.717) is 16.8 Å². The fraction of sp³-hybridized carbons (Fsp3) is 0.214. The summed E-state index contributed by atoms with van der Waals surface area (Å²) < 4.78 is 3.00. The smallest absolute Gasteiger partial charge is 0.272 e. The average molecular weight is 387 g/mol. The van der Waals surface area contributed by atoms with Gasteiger partial charge in [-0.05, 0) is 53.6 Å². The summed E-state index contributed by atoms with van der Waals surface area (Å²) >= 11 is 8.22. The van der Waals surface area contributed by atoms with Gasteiger partial charge in [0.15, 0.2) is 0 Å². The largest absolute Gasteiger partial charge is 0.339 e. The van der Waals surface area contributed by atoms with Crippen molar-refractivity contribution in [1.29, 1.82) is 0 Å². The molecule has 1 heterocycles. The highest BCUT2D eigenvalue weighted by Gasteiger charge is 2.27. The number of nitrogens with one attached hydrogen (secondary N) is 1. The van der Waals surface area contributed by atoms with Gasteiger partial charge in [0.1, 0.15) is 5.69 Å². The molecule has 3 nitrogen and oxygen atoms in total. The minimum Gasteiger partial charge on any atom is -0.339 e. The third kappa shape index (κ3) is 2.79. The van der Waals surface area contributed by atoms with Crippen LogP contribution >= 0.6 is 34.2 Å². The molecular formula is C14H12ClIN2O. The Bertz CT molecular complexity index is 634. The van der Waals surface area contributed by atoms with Crippen LogP contribution in [0.2, 0.25) is 5.02 Å². The minimum atomic E-state index is -0.108. The number of para-hydroxylation sites is 1. The molecule has 3 rings (SSSR count). The summed E-state index contributed by atoms with van der Waals surface area (Å²) in [6.07, 6.45) is 4.08. The number of nitrogens with zero attached hydrogens (tertiary/aromatic N) is 1. The summed E-state index contributed by atoms with van der Waals surface area (Å²) in [7, 11) is 0. The molecule has 0 radical (unpaired) electrons. The van der Waals surface area contributed by atoms with Crippen LogP contribution in [0.25, 0.3) is 0 Å². The number of rotatable bonds is 3. The second-order valence-electron chi connectivity index (χ2n) is 4.62. The average Bonchev–Trinajstić information content (AvgIpc) is 3.15. The van der Waals surface area contributed by atoms with Crippen LogP contribution in [0.5, 0.6) is 0 Å². The molecule has 1 fully saturated rings. The number of amides is 1. The number of hydrogen-bond acceptors (Lipinski definition) is 1. The molecule has 2 aromatic rings. The lowest BCUT2D eigenvalue weighted by molar-refractivity contribution is 0.101. The van der Waals surface area contributed by atoms with Gasteiger partial charge in [0.05, 0.1) is 10.7 Å². The van der Waals surface area contributed by atoms with Crippen LogP contribution in [0.15, 0.2) is 36.5 Å². The van der Waals surface area contributed by atoms with Gasteiger partial charge in [0.2, 0.25) is 0 Å². The van der Waals surface area contributed by atoms with Gasteiger partial charge >= 0.3 is 0 Å². The standard InChI is InChI=1S/C14H12ClIN2O/c15-9-7-13(18(8-9)10-5-6-10)14(19)17-12-4-2-1-3-11(12)16/h1-4,7-8,10H,5-6H2,(H,17,19). The van der Waals surface area contributed by atoms with E-state index in [4.69, 9.17) is 11.6 Å². The molecule has 0 aliphatic heterocycles. The Morgan fingerprint density at radius 2 is 2.11 bits per heavy atom. The molecule has 1 amide bonds. The van der Waals surface area contributed by atoms with Crippen LogP contribution in [-0.2, 0) is 0 Å². The number of carbonyl (C=O) groups is 1. The van der Waals surface area contributed by atoms with Crippen LogP contribution in [0.3, 0.4) is 0 Å². The number of halogens is 2. The Labute approximate surface area is 130 Å². The molecule has 98 valence electrons. The number of benzene rings is 1. The van der Waals surface area contributed by atoms with E-state index in [1.807, 2.05) is 35.0 Å². The number of hydrogen-bond donors (Lipinski definition) is 1. The highest BCUT2D eigenvalue weighted by atomic mass is 127. The van der Waals surface area contributed by atoms with Crippen molar-refractivity contribution < 1.29 is 4.79 Å². The van der Waals surface area contributed by atoms with Gasteiger partial charge in [-0.1, -0.05) is 23.7 Å². The summed E-state index contributed by atoms with van der Waals surface area (Å²) in [5, 5.41) is 3.55. The molecule has 1 saturated carbocycles. The highest BCUT2D eigenvalue weighted by molar-refractivity contribution is 14.1. The first-order valence-corrected chi connectivity index (χ1v) is 7.54. The van der Waals surface area contributed by atoms with Crippen LogP contribution in [0, 0.1) is 3.57 Å². The third-order valence-electron chi connectivity index (χ3n) is 3.11. The maximum absolute atomic E-state index is 12.3. The zero-order valence-corrected chi connectivity index (χ0v) is 13.0. The Hall–Kier alpha value is -1.01. The van der Waals surface area contributed by atoms with E-state index < -0.39 is 0 Å². The van der Waals surface area contributed by atoms with Crippen molar-refractivity contribution in [3.63, 3.8) is 0 Å². The van der Waals surface area contributed by atoms with E-state index in [-0.39, 0.29) is 5.91 Å². The minimum absolute atomic E-state index is 0.108. The van der Waals surface area contributed by atoms with E-state index in [1.165, 1.54) is 0 Å². The lowest BCUT2D eigenvalue weighted by Crippen LogP contribution is -2.16. The predicted molar refractivity (Wildman–Crippen MR) is 84.8 cm³/mol. The first-order chi connectivity index (χ1) is 9.15. The molecule has 0 spiro atoms. The molecule has 1 aliphatic rings. The first kappa shape index (κ1) is 13.0. The van der Waals surface area contributed by atoms with Gasteiger partial charge in [0.25, 0.3) is 5.91 Å². The third-order valence-corrected chi connectivity index (χ3v) is 4.26. The van der Waals surface area contributed by atoms with Crippen molar-refractivity contribution >= 4 is 45.8 Å². The van der Waals surface area contributed by atoms with Crippen molar-refractivity contribution in [1.82, 2.24) is 4.57 Å². The first-order valence-electron chi connectivity index (χ1n) is 6.08. The van der Waals surface area contributed by atoms with E-state index in [2.05, 4.69) is 27.9 Å². The fourth-order valence-electron chi connectivity index (χ4n) is 2.03. The van der Waals surface area contributed by atoms with Crippen molar-refractivity contribution in [3.8, 4) is 0 Å². The van der Waals surface area contributed by atoms with Crippen molar-refractivity contribution in [2.24, 2.45) is 0 Å². The van der Waals surface area contributed by atoms with Crippen LogP contribution in [-0.4, -0.2) is 10.5 Å². The second kappa shape index (κ2) is 5.17. The molecule has 0 unspecified atom stereocenters. The summed E-state index contributed by atoms with van der Waals surface area (Å²) in [6.45, 7) is 0. The number of anilines is 1. The van der Waals surface area contributed by atoms with Gasteiger partial charge in [-0.2, -0.15) is 0 Å². The molecule has 0 atom stereocenters. The summed E-state index contributed by atoms with van der Waals surface area (Å²) in [4.78, 5) is 12.3. The number of aromatic nitrogens is 1. The van der Waals surface area contributed by atoms with E-state index >= 15 is 0 Å². The molecular weight excluding hydrogens is 375 g/mol. The second-order valence-corrected chi connectivity index (χ2v) is 6.21. The molecule has 19 heavy (non-hydrogen) atoms. The monoisotopic (exact) mass is 386 g/mol. The highest BCUT2D eigenvalue weighted by Crippen LogP contribution is 2.37. The van der Waals surface area contributed by atoms with Crippen LogP contribution in [0.1, 0.15) is 29.4 Å². The molecule has 5 heteroatoms. The summed E-state index contributed by atoms with van der Waals surface area (Å²) in [5.74, 6) is -0.108. The summed E-state index contributed by atoms with van der Waals surface area (Å²) in [6, 6.07) is 9.87. The van der Waals surface area contributed by atoms with Crippen LogP contribution in [0.4, 0.5) is 5.69 Å². The Morgan fingerprint density at radius 1 is 1.37 bits per heavy atom. The van der Waals surface area contributed by atoms with Crippen molar-refractivity contribution in [2.75, 3.05) is 5.32 Å². The SMILES string of the molecule is O=C(Nc1ccccc1I)c1cc(Cl)cn1C1CC1. The molecule has 0 saturated heterocycles. The molecule has 1 aromatic heterocycles. The molecule has 1 N–H and O–H groups in total. The van der Waals surface area contributed by atoms with Gasteiger partial charge in [0, 0.05) is 15.8 Å². The molecule has 1 aromatic carbocycles. The lowest BCUT2D eigenvalue weighted by atomic mass is 10.3. The number of carbonyl (C=O) groups excluding carboxylic acids is 1. The molecule has 0 bridgehead atoms. The van der Waals surface area contributed by atoms with E-state index in [0.717, 1.165) is 22.1 Å². The Balaban J connectivity index is 1.86. The van der Waals surface area contributed by atoms with Gasteiger partial charge in [-0.25, -0.2) is 0 Å². The maximum atomic E-state index is 12.3. The van der Waals surface area contributed by atoms with Crippen molar-refractivity contribution in [3.05, 3.63) is 50.8 Å². The van der Waals surface area contributed by atoms with Gasteiger partial charge < -0.3 is 9.88 Å². The van der Waals surface area contributed by atoms with E-state index in [1.54, 1.807) is 6.07 Å². The Kier molecular flexibility index (Phi) is 3.54. The van der Waals surface area contributed by atoms with E-state index in [9.17, 15) is 4.79 Å². The van der Waals surface area contributed by atoms with Crippen LogP contribution < -0.4 is 5.32 Å².